The second-order valence-electron chi connectivity index (χ2n) is 4.38. The summed E-state index contributed by atoms with van der Waals surface area (Å²) in [6.07, 6.45) is -2.47. The van der Waals surface area contributed by atoms with Gasteiger partial charge in [-0.05, 0) is 6.07 Å². The van der Waals surface area contributed by atoms with E-state index in [0.29, 0.717) is 5.52 Å². The monoisotopic (exact) mass is 269 g/mol. The summed E-state index contributed by atoms with van der Waals surface area (Å²) in [7, 11) is 0. The number of rotatable bonds is 2. The third kappa shape index (κ3) is 1.76. The van der Waals surface area contributed by atoms with Crippen molar-refractivity contribution < 1.29 is 19.3 Å². The number of nitrogens with one attached hydrogen (secondary N) is 1. The molecule has 1 saturated heterocycles. The van der Waals surface area contributed by atoms with Crippen molar-refractivity contribution in [3.8, 4) is 0 Å². The van der Waals surface area contributed by atoms with Crippen molar-refractivity contribution >= 4 is 11.0 Å². The van der Waals surface area contributed by atoms with Gasteiger partial charge in [0, 0.05) is 6.20 Å². The molecular weight excluding hydrogens is 257 g/mol. The van der Waals surface area contributed by atoms with Gasteiger partial charge in [-0.1, -0.05) is 0 Å². The highest BCUT2D eigenvalue weighted by atomic mass is 19.1. The van der Waals surface area contributed by atoms with Crippen molar-refractivity contribution in [3.63, 3.8) is 0 Å². The molecule has 4 atom stereocenters. The summed E-state index contributed by atoms with van der Waals surface area (Å²) in [5, 5.41) is 18.8. The molecule has 2 aromatic rings. The summed E-state index contributed by atoms with van der Waals surface area (Å²) in [6, 6.07) is 1.58. The number of ether oxygens (including phenoxy) is 1. The normalized spacial score (nSPS) is 31.1. The van der Waals surface area contributed by atoms with E-state index in [4.69, 9.17) is 9.84 Å². The Kier molecular flexibility index (Phi) is 2.85. The van der Waals surface area contributed by atoms with Crippen LogP contribution >= 0.6 is 0 Å². The number of pyridine rings is 1. The minimum Gasteiger partial charge on any atom is -0.394 e. The Morgan fingerprint density at radius 3 is 3.05 bits per heavy atom. The predicted molar refractivity (Wildman–Crippen MR) is 62.3 cm³/mol. The van der Waals surface area contributed by atoms with Gasteiger partial charge in [0.1, 0.15) is 12.2 Å². The minimum atomic E-state index is -1.69. The highest BCUT2D eigenvalue weighted by molar-refractivity contribution is 5.73. The van der Waals surface area contributed by atoms with Gasteiger partial charge in [-0.3, -0.25) is 4.79 Å². The highest BCUT2D eigenvalue weighted by Crippen LogP contribution is 2.32. The van der Waals surface area contributed by atoms with Gasteiger partial charge in [0.05, 0.1) is 18.5 Å². The zero-order chi connectivity index (χ0) is 13.6. The number of hydrogen-bond acceptors (Lipinski definition) is 5. The molecule has 8 heteroatoms. The Hall–Kier alpha value is -1.77. The molecule has 0 amide bonds. The summed E-state index contributed by atoms with van der Waals surface area (Å²) >= 11 is 0. The molecule has 1 aliphatic rings. The van der Waals surface area contributed by atoms with Crippen LogP contribution in [0.25, 0.3) is 11.0 Å². The zero-order valence-corrected chi connectivity index (χ0v) is 9.73. The summed E-state index contributed by atoms with van der Waals surface area (Å²) < 4.78 is 20.3. The number of aliphatic hydroxyl groups excluding tert-OH is 2. The largest absolute Gasteiger partial charge is 0.394 e. The maximum Gasteiger partial charge on any atom is 0.276 e. The van der Waals surface area contributed by atoms with E-state index in [-0.39, 0.29) is 11.1 Å². The first-order valence-electron chi connectivity index (χ1n) is 5.76. The van der Waals surface area contributed by atoms with E-state index >= 15 is 0 Å². The minimum absolute atomic E-state index is 0.182. The molecule has 0 radical (unpaired) electrons. The van der Waals surface area contributed by atoms with Gasteiger partial charge in [-0.15, -0.1) is 0 Å². The molecule has 0 bridgehead atoms. The van der Waals surface area contributed by atoms with E-state index in [2.05, 4.69) is 9.97 Å². The first kappa shape index (κ1) is 12.3. The molecule has 1 fully saturated rings. The number of imidazole rings is 1. The van der Waals surface area contributed by atoms with Crippen molar-refractivity contribution in [1.29, 1.82) is 0 Å². The highest BCUT2D eigenvalue weighted by Gasteiger charge is 2.45. The van der Waals surface area contributed by atoms with E-state index < -0.39 is 31.2 Å². The smallest absolute Gasteiger partial charge is 0.276 e. The SMILES string of the molecule is O=c1[nH]ccc2c1ncn2[C@@H]1OC(CO)[C@H](F)[C@H]1O. The summed E-state index contributed by atoms with van der Waals surface area (Å²) in [6.45, 7) is -0.526. The van der Waals surface area contributed by atoms with Crippen LogP contribution in [0.4, 0.5) is 4.39 Å². The van der Waals surface area contributed by atoms with Crippen LogP contribution < -0.4 is 5.56 Å². The molecule has 3 rings (SSSR count). The molecule has 1 aliphatic heterocycles. The van der Waals surface area contributed by atoms with E-state index in [0.717, 1.165) is 0 Å². The number of halogens is 1. The molecule has 3 N–H and O–H groups in total. The molecule has 2 aromatic heterocycles. The summed E-state index contributed by atoms with van der Waals surface area (Å²) in [5.74, 6) is 0. The molecular formula is C11H12FN3O4. The van der Waals surface area contributed by atoms with Crippen molar-refractivity contribution in [2.75, 3.05) is 6.61 Å². The lowest BCUT2D eigenvalue weighted by atomic mass is 10.1. The third-order valence-corrected chi connectivity index (χ3v) is 3.24. The molecule has 3 heterocycles. The lowest BCUT2D eigenvalue weighted by Gasteiger charge is -2.16. The predicted octanol–water partition coefficient (Wildman–Crippen LogP) is -0.687. The Balaban J connectivity index is 2.06. The van der Waals surface area contributed by atoms with Crippen LogP contribution in [-0.4, -0.2) is 49.7 Å². The number of aliphatic hydroxyl groups is 2. The van der Waals surface area contributed by atoms with Gasteiger partial charge >= 0.3 is 0 Å². The van der Waals surface area contributed by atoms with Gasteiger partial charge < -0.3 is 24.5 Å². The third-order valence-electron chi connectivity index (χ3n) is 3.24. The summed E-state index contributed by atoms with van der Waals surface area (Å²) in [4.78, 5) is 17.9. The maximum absolute atomic E-state index is 13.7. The Morgan fingerprint density at radius 1 is 1.58 bits per heavy atom. The van der Waals surface area contributed by atoms with E-state index in [9.17, 15) is 14.3 Å². The molecule has 0 saturated carbocycles. The summed E-state index contributed by atoms with van der Waals surface area (Å²) in [5.41, 5.74) is 0.235. The molecule has 0 aliphatic carbocycles. The lowest BCUT2D eigenvalue weighted by Crippen LogP contribution is -2.29. The topological polar surface area (TPSA) is 100 Å². The van der Waals surface area contributed by atoms with Gasteiger partial charge in [0.25, 0.3) is 5.56 Å². The van der Waals surface area contributed by atoms with Crippen LogP contribution in [0, 0.1) is 0 Å². The fourth-order valence-electron chi connectivity index (χ4n) is 2.26. The molecule has 0 spiro atoms. The van der Waals surface area contributed by atoms with E-state index in [1.54, 1.807) is 6.07 Å². The van der Waals surface area contributed by atoms with Crippen LogP contribution in [0.3, 0.4) is 0 Å². The van der Waals surface area contributed by atoms with Crippen molar-refractivity contribution in [2.45, 2.75) is 24.6 Å². The molecule has 0 aromatic carbocycles. The van der Waals surface area contributed by atoms with Gasteiger partial charge in [0.15, 0.2) is 17.9 Å². The second-order valence-corrected chi connectivity index (χ2v) is 4.38. The Bertz CT molecular complexity index is 655. The number of nitrogens with zero attached hydrogens (tertiary/aromatic N) is 2. The number of hydrogen-bond donors (Lipinski definition) is 3. The van der Waals surface area contributed by atoms with Crippen LogP contribution in [0.2, 0.25) is 0 Å². The van der Waals surface area contributed by atoms with Crippen molar-refractivity contribution in [2.24, 2.45) is 0 Å². The van der Waals surface area contributed by atoms with Crippen molar-refractivity contribution in [1.82, 2.24) is 14.5 Å². The zero-order valence-electron chi connectivity index (χ0n) is 9.73. The fraction of sp³-hybridized carbons (Fsp3) is 0.455. The Labute approximate surface area is 106 Å². The molecule has 19 heavy (non-hydrogen) atoms. The van der Waals surface area contributed by atoms with Crippen LogP contribution in [0.5, 0.6) is 0 Å². The number of aromatic nitrogens is 3. The second kappa shape index (κ2) is 4.41. The first-order chi connectivity index (χ1) is 9.13. The van der Waals surface area contributed by atoms with Crippen LogP contribution in [0.1, 0.15) is 6.23 Å². The average molecular weight is 269 g/mol. The van der Waals surface area contributed by atoms with Gasteiger partial charge in [-0.2, -0.15) is 0 Å². The number of fused-ring (bicyclic) bond motifs is 1. The van der Waals surface area contributed by atoms with Crippen LogP contribution in [0.15, 0.2) is 23.4 Å². The number of H-pyrrole nitrogens is 1. The number of alkyl halides is 1. The number of aromatic amines is 1. The van der Waals surface area contributed by atoms with Gasteiger partial charge in [-0.25, -0.2) is 9.37 Å². The van der Waals surface area contributed by atoms with E-state index in [1.807, 2.05) is 0 Å². The average Bonchev–Trinajstić information content (AvgIpc) is 2.94. The molecule has 1 unspecified atom stereocenters. The molecule has 7 nitrogen and oxygen atoms in total. The quantitative estimate of drug-likeness (QED) is 0.670. The van der Waals surface area contributed by atoms with Crippen molar-refractivity contribution in [3.05, 3.63) is 28.9 Å². The van der Waals surface area contributed by atoms with E-state index in [1.165, 1.54) is 17.1 Å². The molecule has 102 valence electrons. The standard InChI is InChI=1S/C11H12FN3O4/c12-7-6(3-16)19-11(9(7)17)15-4-14-8-5(15)1-2-13-10(8)18/h1-2,4,6-7,9,11,16-17H,3H2,(H,13,18)/t6?,7-,9+,11+/m0/s1. The fourth-order valence-corrected chi connectivity index (χ4v) is 2.26. The Morgan fingerprint density at radius 2 is 2.37 bits per heavy atom. The first-order valence-corrected chi connectivity index (χ1v) is 5.76. The van der Waals surface area contributed by atoms with Crippen LogP contribution in [-0.2, 0) is 4.74 Å². The lowest BCUT2D eigenvalue weighted by molar-refractivity contribution is -0.0493. The maximum atomic E-state index is 13.7. The van der Waals surface area contributed by atoms with Gasteiger partial charge in [0.2, 0.25) is 0 Å².